The number of benzene rings is 2. The first-order chi connectivity index (χ1) is 19.7. The summed E-state index contributed by atoms with van der Waals surface area (Å²) in [6, 6.07) is 17.5. The van der Waals surface area contributed by atoms with Crippen LogP contribution in [-0.2, 0) is 14.2 Å². The third-order valence-electron chi connectivity index (χ3n) is 6.89. The molecule has 5 nitrogen and oxygen atoms in total. The Hall–Kier alpha value is -3.08. The zero-order chi connectivity index (χ0) is 28.5. The summed E-state index contributed by atoms with van der Waals surface area (Å²) in [5, 5.41) is 0. The summed E-state index contributed by atoms with van der Waals surface area (Å²) in [6.07, 6.45) is 22.8. The lowest BCUT2D eigenvalue weighted by atomic mass is 10.0. The Morgan fingerprint density at radius 3 is 1.62 bits per heavy atom. The molecule has 0 aliphatic rings. The fourth-order valence-electron chi connectivity index (χ4n) is 4.49. The van der Waals surface area contributed by atoms with Gasteiger partial charge in [-0.1, -0.05) is 127 Å². The van der Waals surface area contributed by atoms with Gasteiger partial charge in [-0.3, -0.25) is 0 Å². The lowest BCUT2D eigenvalue weighted by molar-refractivity contribution is -0.0192. The number of hydrogen-bond acceptors (Lipinski definition) is 5. The second-order valence-electron chi connectivity index (χ2n) is 10.4. The van der Waals surface area contributed by atoms with E-state index in [0.717, 1.165) is 12.8 Å². The van der Waals surface area contributed by atoms with Crippen LogP contribution in [0.3, 0.4) is 0 Å². The molecule has 220 valence electrons. The molecule has 2 aromatic rings. The van der Waals surface area contributed by atoms with E-state index in [1.165, 1.54) is 83.5 Å². The van der Waals surface area contributed by atoms with Crippen molar-refractivity contribution in [3.63, 3.8) is 0 Å². The van der Waals surface area contributed by atoms with Gasteiger partial charge in [0.25, 0.3) is 0 Å². The Labute approximate surface area is 242 Å². The molecular weight excluding hydrogens is 500 g/mol. The standard InChI is InChI=1S/C35H50O5/c1-2-3-4-5-6-7-8-9-10-11-12-13-14-15-16-23-28-38-29-33(40-35(37)32-26-21-18-22-27-32)30-39-34(36)31-24-19-17-20-25-31/h17-28,33H,2-16,29-30H2,1H3/t33-/m0/s1. The maximum atomic E-state index is 12.5. The lowest BCUT2D eigenvalue weighted by Crippen LogP contribution is -2.29. The Kier molecular flexibility index (Phi) is 18.8. The van der Waals surface area contributed by atoms with Gasteiger partial charge in [0.2, 0.25) is 0 Å². The quantitative estimate of drug-likeness (QED) is 0.0783. The summed E-state index contributed by atoms with van der Waals surface area (Å²) in [5.74, 6) is -0.939. The van der Waals surface area contributed by atoms with Crippen LogP contribution in [0.1, 0.15) is 124 Å². The third-order valence-corrected chi connectivity index (χ3v) is 6.89. The minimum atomic E-state index is -0.717. The molecule has 0 amide bonds. The Balaban J connectivity index is 1.57. The second kappa shape index (κ2) is 22.7. The van der Waals surface area contributed by atoms with E-state index < -0.39 is 18.0 Å². The number of carbonyl (C=O) groups excluding carboxylic acids is 2. The van der Waals surface area contributed by atoms with E-state index in [-0.39, 0.29) is 13.2 Å². The van der Waals surface area contributed by atoms with Crippen molar-refractivity contribution in [1.82, 2.24) is 0 Å². The van der Waals surface area contributed by atoms with Crippen molar-refractivity contribution in [2.45, 2.75) is 109 Å². The highest BCUT2D eigenvalue weighted by atomic mass is 16.6. The van der Waals surface area contributed by atoms with Gasteiger partial charge < -0.3 is 14.2 Å². The molecule has 0 bridgehead atoms. The SMILES string of the molecule is CCCCCCCCCCCCCCCCC=COC[C@@H](COC(=O)c1ccccc1)OC(=O)c1ccccc1. The minimum Gasteiger partial charge on any atom is -0.498 e. The predicted molar refractivity (Wildman–Crippen MR) is 162 cm³/mol. The first-order valence-corrected chi connectivity index (χ1v) is 15.5. The smallest absolute Gasteiger partial charge is 0.338 e. The van der Waals surface area contributed by atoms with Gasteiger partial charge in [0, 0.05) is 0 Å². The fourth-order valence-corrected chi connectivity index (χ4v) is 4.49. The van der Waals surface area contributed by atoms with Gasteiger partial charge in [0.15, 0.2) is 6.10 Å². The Morgan fingerprint density at radius 1 is 0.625 bits per heavy atom. The van der Waals surface area contributed by atoms with E-state index in [1.807, 2.05) is 18.2 Å². The van der Waals surface area contributed by atoms with Crippen LogP contribution in [0.5, 0.6) is 0 Å². The topological polar surface area (TPSA) is 61.8 Å². The van der Waals surface area contributed by atoms with Crippen LogP contribution < -0.4 is 0 Å². The highest BCUT2D eigenvalue weighted by Gasteiger charge is 2.19. The zero-order valence-electron chi connectivity index (χ0n) is 24.6. The summed E-state index contributed by atoms with van der Waals surface area (Å²) < 4.78 is 16.6. The number of allylic oxidation sites excluding steroid dienone is 1. The first kappa shape index (κ1) is 33.1. The summed E-state index contributed by atoms with van der Waals surface area (Å²) >= 11 is 0. The number of hydrogen-bond donors (Lipinski definition) is 0. The molecule has 0 heterocycles. The number of esters is 2. The van der Waals surface area contributed by atoms with Gasteiger partial charge in [-0.2, -0.15) is 0 Å². The van der Waals surface area contributed by atoms with Crippen LogP contribution in [0.4, 0.5) is 0 Å². The van der Waals surface area contributed by atoms with Crippen molar-refractivity contribution in [2.75, 3.05) is 13.2 Å². The van der Waals surface area contributed by atoms with Crippen LogP contribution in [0.25, 0.3) is 0 Å². The van der Waals surface area contributed by atoms with Crippen molar-refractivity contribution >= 4 is 11.9 Å². The highest BCUT2D eigenvalue weighted by molar-refractivity contribution is 5.90. The maximum Gasteiger partial charge on any atom is 0.338 e. The largest absolute Gasteiger partial charge is 0.498 e. The molecule has 0 fully saturated rings. The number of carbonyl (C=O) groups is 2. The van der Waals surface area contributed by atoms with E-state index in [4.69, 9.17) is 14.2 Å². The fraction of sp³-hybridized carbons (Fsp3) is 0.543. The Bertz CT molecular complexity index is 925. The Morgan fingerprint density at radius 2 is 1.10 bits per heavy atom. The highest BCUT2D eigenvalue weighted by Crippen LogP contribution is 2.14. The van der Waals surface area contributed by atoms with E-state index in [1.54, 1.807) is 54.8 Å². The molecule has 5 heteroatoms. The summed E-state index contributed by atoms with van der Waals surface area (Å²) in [5.41, 5.74) is 0.889. The molecule has 0 spiro atoms. The molecule has 0 N–H and O–H groups in total. The molecular formula is C35H50O5. The molecule has 2 rings (SSSR count). The lowest BCUT2D eigenvalue weighted by Gasteiger charge is -2.17. The van der Waals surface area contributed by atoms with Gasteiger partial charge in [-0.05, 0) is 43.2 Å². The number of ether oxygens (including phenoxy) is 3. The second-order valence-corrected chi connectivity index (χ2v) is 10.4. The van der Waals surface area contributed by atoms with Gasteiger partial charge >= 0.3 is 11.9 Å². The van der Waals surface area contributed by atoms with Crippen molar-refractivity contribution in [3.05, 3.63) is 84.1 Å². The molecule has 2 aromatic carbocycles. The average Bonchev–Trinajstić information content (AvgIpc) is 2.99. The minimum absolute atomic E-state index is 0.0842. The average molecular weight is 551 g/mol. The number of rotatable bonds is 23. The summed E-state index contributed by atoms with van der Waals surface area (Å²) in [7, 11) is 0. The molecule has 0 aliphatic carbocycles. The monoisotopic (exact) mass is 550 g/mol. The van der Waals surface area contributed by atoms with Gasteiger partial charge in [-0.25, -0.2) is 9.59 Å². The molecule has 0 saturated carbocycles. The van der Waals surface area contributed by atoms with E-state index >= 15 is 0 Å². The van der Waals surface area contributed by atoms with Crippen molar-refractivity contribution in [2.24, 2.45) is 0 Å². The van der Waals surface area contributed by atoms with E-state index in [0.29, 0.717) is 11.1 Å². The van der Waals surface area contributed by atoms with Crippen molar-refractivity contribution < 1.29 is 23.8 Å². The molecule has 0 aromatic heterocycles. The maximum absolute atomic E-state index is 12.5. The van der Waals surface area contributed by atoms with E-state index in [2.05, 4.69) is 6.92 Å². The van der Waals surface area contributed by atoms with Crippen molar-refractivity contribution in [3.8, 4) is 0 Å². The summed E-state index contributed by atoms with van der Waals surface area (Å²) in [4.78, 5) is 24.9. The van der Waals surface area contributed by atoms with Crippen LogP contribution >= 0.6 is 0 Å². The summed E-state index contributed by atoms with van der Waals surface area (Å²) in [6.45, 7) is 2.29. The third kappa shape index (κ3) is 16.1. The molecule has 40 heavy (non-hydrogen) atoms. The van der Waals surface area contributed by atoms with Gasteiger partial charge in [0.1, 0.15) is 13.2 Å². The molecule has 0 radical (unpaired) electrons. The molecule has 0 unspecified atom stereocenters. The van der Waals surface area contributed by atoms with E-state index in [9.17, 15) is 9.59 Å². The predicted octanol–water partition coefficient (Wildman–Crippen LogP) is 9.47. The number of unbranched alkanes of at least 4 members (excludes halogenated alkanes) is 14. The molecule has 0 aliphatic heterocycles. The van der Waals surface area contributed by atoms with Crippen molar-refractivity contribution in [1.29, 1.82) is 0 Å². The first-order valence-electron chi connectivity index (χ1n) is 15.5. The van der Waals surface area contributed by atoms with Crippen LogP contribution in [0.2, 0.25) is 0 Å². The molecule has 1 atom stereocenters. The molecule has 0 saturated heterocycles. The van der Waals surface area contributed by atoms with Crippen LogP contribution in [-0.4, -0.2) is 31.3 Å². The van der Waals surface area contributed by atoms with Crippen LogP contribution in [0.15, 0.2) is 73.0 Å². The zero-order valence-corrected chi connectivity index (χ0v) is 24.6. The normalized spacial score (nSPS) is 11.8. The van der Waals surface area contributed by atoms with Gasteiger partial charge in [-0.15, -0.1) is 0 Å². The van der Waals surface area contributed by atoms with Crippen LogP contribution in [0, 0.1) is 0 Å². The van der Waals surface area contributed by atoms with Gasteiger partial charge in [0.05, 0.1) is 17.4 Å².